The molecule has 0 amide bonds. The Balaban J connectivity index is 1.31. The van der Waals surface area contributed by atoms with Gasteiger partial charge < -0.3 is 9.80 Å². The van der Waals surface area contributed by atoms with Gasteiger partial charge in [-0.3, -0.25) is 0 Å². The Labute approximate surface area is 249 Å². The van der Waals surface area contributed by atoms with Crippen LogP contribution in [0, 0.1) is 0 Å². The van der Waals surface area contributed by atoms with Crippen molar-refractivity contribution < 1.29 is 0 Å². The molecule has 2 nitrogen and oxygen atoms in total. The number of hydrogen-bond acceptors (Lipinski definition) is 2. The maximum Gasteiger partial charge on any atom is 0.0386 e. The van der Waals surface area contributed by atoms with Crippen LogP contribution in [-0.4, -0.2) is 36.0 Å². The van der Waals surface area contributed by atoms with Gasteiger partial charge in [-0.15, -0.1) is 0 Å². The zero-order valence-corrected chi connectivity index (χ0v) is 26.3. The summed E-state index contributed by atoms with van der Waals surface area (Å²) < 4.78 is 0. The third kappa shape index (κ3) is 16.5. The monoisotopic (exact) mass is 549 g/mol. The van der Waals surface area contributed by atoms with Crippen LogP contribution in [0.25, 0.3) is 0 Å². The highest BCUT2D eigenvalue weighted by atomic mass is 15.1. The second-order valence-corrected chi connectivity index (χ2v) is 12.9. The molecule has 0 unspecified atom stereocenters. The fourth-order valence-electron chi connectivity index (χ4n) is 6.52. The van der Waals surface area contributed by atoms with E-state index in [2.05, 4.69) is 58.7 Å². The zero-order valence-electron chi connectivity index (χ0n) is 26.3. The molecule has 0 radical (unpaired) electrons. The zero-order chi connectivity index (χ0) is 27.8. The van der Waals surface area contributed by atoms with E-state index < -0.39 is 0 Å². The van der Waals surface area contributed by atoms with Crippen molar-refractivity contribution >= 4 is 0 Å². The first-order chi connectivity index (χ1) is 19.9. The maximum absolute atomic E-state index is 2.56. The topological polar surface area (TPSA) is 6.48 Å². The van der Waals surface area contributed by atoms with Gasteiger partial charge in [0, 0.05) is 32.4 Å². The number of allylic oxidation sites excluding steroid dienone is 5. The lowest BCUT2D eigenvalue weighted by atomic mass is 10.0. The number of nitrogens with zero attached hydrogens (tertiary/aromatic N) is 2. The summed E-state index contributed by atoms with van der Waals surface area (Å²) in [4.78, 5) is 5.08. The molecule has 0 spiro atoms. The van der Waals surface area contributed by atoms with E-state index in [1.807, 2.05) is 0 Å². The molecule has 226 valence electrons. The SMILES string of the molecule is C1=CN2CCCCCCCCCCCCCCC3=CN(CC=C3)CCC=CCCCCCCCCCCC(=C1)C2. The highest BCUT2D eigenvalue weighted by Gasteiger charge is 2.08. The molecule has 0 saturated carbocycles. The molecule has 3 aliphatic heterocycles. The minimum Gasteiger partial charge on any atom is -0.373 e. The van der Waals surface area contributed by atoms with Crippen molar-refractivity contribution in [2.45, 2.75) is 154 Å². The molecule has 0 fully saturated rings. The predicted molar refractivity (Wildman–Crippen MR) is 178 cm³/mol. The van der Waals surface area contributed by atoms with Gasteiger partial charge in [0.15, 0.2) is 0 Å². The molecule has 3 rings (SSSR count). The van der Waals surface area contributed by atoms with E-state index in [-0.39, 0.29) is 0 Å². The fraction of sp³-hybridized carbons (Fsp3) is 0.737. The summed E-state index contributed by atoms with van der Waals surface area (Å²) in [6, 6.07) is 0. The first kappa shape index (κ1) is 32.8. The molecule has 0 aliphatic carbocycles. The van der Waals surface area contributed by atoms with E-state index >= 15 is 0 Å². The van der Waals surface area contributed by atoms with E-state index in [9.17, 15) is 0 Å². The summed E-state index contributed by atoms with van der Waals surface area (Å²) in [5, 5.41) is 0. The number of rotatable bonds is 0. The van der Waals surface area contributed by atoms with Gasteiger partial charge in [0.25, 0.3) is 0 Å². The molecule has 2 heteroatoms. The molecule has 40 heavy (non-hydrogen) atoms. The predicted octanol–water partition coefficient (Wildman–Crippen LogP) is 11.4. The first-order valence-electron chi connectivity index (χ1n) is 17.8. The van der Waals surface area contributed by atoms with Gasteiger partial charge in [-0.05, 0) is 69.2 Å². The molecular weight excluding hydrogens is 484 g/mol. The second kappa shape index (κ2) is 22.9. The first-order valence-corrected chi connectivity index (χ1v) is 17.8. The largest absolute Gasteiger partial charge is 0.373 e. The third-order valence-electron chi connectivity index (χ3n) is 9.08. The summed E-state index contributed by atoms with van der Waals surface area (Å²) in [6.45, 7) is 4.68. The van der Waals surface area contributed by atoms with Gasteiger partial charge in [0.05, 0.1) is 0 Å². The summed E-state index contributed by atoms with van der Waals surface area (Å²) >= 11 is 0. The average Bonchev–Trinajstić information content (AvgIpc) is 2.97. The van der Waals surface area contributed by atoms with Crippen LogP contribution in [0.4, 0.5) is 0 Å². The van der Waals surface area contributed by atoms with E-state index in [0.717, 1.165) is 13.1 Å². The van der Waals surface area contributed by atoms with Crippen molar-refractivity contribution in [1.29, 1.82) is 0 Å². The average molecular weight is 549 g/mol. The molecule has 0 aromatic heterocycles. The Bertz CT molecular complexity index is 770. The molecule has 0 atom stereocenters. The molecule has 4 bridgehead atoms. The minimum atomic E-state index is 1.09. The van der Waals surface area contributed by atoms with Crippen LogP contribution >= 0.6 is 0 Å². The summed E-state index contributed by atoms with van der Waals surface area (Å²) in [6.07, 6.45) is 52.4. The van der Waals surface area contributed by atoms with Gasteiger partial charge in [0.1, 0.15) is 0 Å². The Kier molecular flexibility index (Phi) is 18.8. The standard InChI is InChI=1S/C38H64N2/c1-3-7-11-15-19-23-31-39-33-26-30-38(36-39)28-22-18-14-10-6-2-4-8-12-16-20-24-32-40-34-25-29-37(35-40)27-21-17-13-9-5-1/h15,19,25-26,29-30,34,36H,1-14,16-18,20-24,27-28,31-33,35H2. The van der Waals surface area contributed by atoms with Crippen molar-refractivity contribution in [3.8, 4) is 0 Å². The molecule has 0 aromatic rings. The van der Waals surface area contributed by atoms with Crippen LogP contribution < -0.4 is 0 Å². The summed E-state index contributed by atoms with van der Waals surface area (Å²) in [5.41, 5.74) is 3.20. The Morgan fingerprint density at radius 1 is 0.475 bits per heavy atom. The Hall–Kier alpha value is -1.70. The minimum absolute atomic E-state index is 1.09. The van der Waals surface area contributed by atoms with Gasteiger partial charge in [-0.25, -0.2) is 0 Å². The molecular formula is C38H64N2. The summed E-state index contributed by atoms with van der Waals surface area (Å²) in [5.74, 6) is 0. The lowest BCUT2D eigenvalue weighted by Gasteiger charge is -2.25. The highest BCUT2D eigenvalue weighted by Crippen LogP contribution is 2.19. The molecule has 3 heterocycles. The molecule has 0 aromatic carbocycles. The number of fused-ring (bicyclic) bond motifs is 3. The van der Waals surface area contributed by atoms with E-state index in [1.54, 1.807) is 11.1 Å². The fourth-order valence-corrected chi connectivity index (χ4v) is 6.52. The van der Waals surface area contributed by atoms with Crippen LogP contribution in [0.1, 0.15) is 154 Å². The van der Waals surface area contributed by atoms with Crippen molar-refractivity contribution in [3.63, 3.8) is 0 Å². The van der Waals surface area contributed by atoms with E-state index in [1.165, 1.54) is 167 Å². The van der Waals surface area contributed by atoms with Crippen molar-refractivity contribution in [3.05, 3.63) is 60.0 Å². The van der Waals surface area contributed by atoms with Crippen LogP contribution in [0.5, 0.6) is 0 Å². The van der Waals surface area contributed by atoms with Crippen LogP contribution in [-0.2, 0) is 0 Å². The summed E-state index contributed by atoms with van der Waals surface area (Å²) in [7, 11) is 0. The quantitative estimate of drug-likeness (QED) is 0.278. The van der Waals surface area contributed by atoms with Crippen molar-refractivity contribution in [2.75, 3.05) is 26.2 Å². The van der Waals surface area contributed by atoms with Crippen LogP contribution in [0.3, 0.4) is 0 Å². The Morgan fingerprint density at radius 3 is 1.75 bits per heavy atom. The van der Waals surface area contributed by atoms with Crippen molar-refractivity contribution in [2.24, 2.45) is 0 Å². The van der Waals surface area contributed by atoms with E-state index in [4.69, 9.17) is 0 Å². The van der Waals surface area contributed by atoms with Crippen LogP contribution in [0.2, 0.25) is 0 Å². The smallest absolute Gasteiger partial charge is 0.0386 e. The molecule has 0 saturated heterocycles. The highest BCUT2D eigenvalue weighted by molar-refractivity contribution is 5.22. The molecule has 3 aliphatic rings. The van der Waals surface area contributed by atoms with Gasteiger partial charge >= 0.3 is 0 Å². The van der Waals surface area contributed by atoms with Crippen molar-refractivity contribution in [1.82, 2.24) is 9.80 Å². The lowest BCUT2D eigenvalue weighted by molar-refractivity contribution is 0.378. The second-order valence-electron chi connectivity index (χ2n) is 12.9. The maximum atomic E-state index is 2.56. The lowest BCUT2D eigenvalue weighted by Crippen LogP contribution is -2.23. The normalized spacial score (nSPS) is 23.6. The third-order valence-corrected chi connectivity index (χ3v) is 9.08. The molecule has 0 N–H and O–H groups in total. The van der Waals surface area contributed by atoms with Gasteiger partial charge in [-0.2, -0.15) is 0 Å². The van der Waals surface area contributed by atoms with Gasteiger partial charge in [0.2, 0.25) is 0 Å². The number of hydrogen-bond donors (Lipinski definition) is 0. The van der Waals surface area contributed by atoms with Crippen LogP contribution in [0.15, 0.2) is 60.0 Å². The van der Waals surface area contributed by atoms with E-state index in [0.29, 0.717) is 0 Å². The Morgan fingerprint density at radius 2 is 1.05 bits per heavy atom. The van der Waals surface area contributed by atoms with Gasteiger partial charge in [-0.1, -0.05) is 139 Å².